The summed E-state index contributed by atoms with van der Waals surface area (Å²) in [6.07, 6.45) is 5.16. The summed E-state index contributed by atoms with van der Waals surface area (Å²) in [5.41, 5.74) is 3.70. The average molecular weight is 536 g/mol. The van der Waals surface area contributed by atoms with Crippen LogP contribution < -0.4 is 5.14 Å². The number of benzene rings is 2. The molecule has 0 spiro atoms. The molecule has 5 rings (SSSR count). The molecule has 0 unspecified atom stereocenters. The van der Waals surface area contributed by atoms with Gasteiger partial charge in [0.15, 0.2) is 5.76 Å². The Hall–Kier alpha value is -3.41. The molecule has 4 aromatic rings. The maximum atomic E-state index is 11.7. The predicted octanol–water partition coefficient (Wildman–Crippen LogP) is 4.42. The van der Waals surface area contributed by atoms with Crippen LogP contribution in [-0.2, 0) is 43.0 Å². The zero-order valence-corrected chi connectivity index (χ0v) is 21.8. The number of sulfonamides is 1. The van der Waals surface area contributed by atoms with Crippen LogP contribution in [-0.4, -0.2) is 38.7 Å². The third kappa shape index (κ3) is 5.69. The van der Waals surface area contributed by atoms with Crippen molar-refractivity contribution in [3.8, 4) is 22.6 Å². The number of nitrogens with zero attached hydrogens (tertiary/aromatic N) is 2. The van der Waals surface area contributed by atoms with Crippen molar-refractivity contribution in [1.29, 1.82) is 0 Å². The first-order valence-electron chi connectivity index (χ1n) is 12.2. The van der Waals surface area contributed by atoms with Crippen molar-refractivity contribution in [2.24, 2.45) is 5.14 Å². The van der Waals surface area contributed by atoms with Crippen LogP contribution in [0.4, 0.5) is 0 Å². The first-order valence-corrected chi connectivity index (χ1v) is 13.8. The summed E-state index contributed by atoms with van der Waals surface area (Å²) in [6.45, 7) is 1.76. The second-order valence-corrected chi connectivity index (χ2v) is 10.7. The van der Waals surface area contributed by atoms with Gasteiger partial charge in [-0.15, -0.1) is 0 Å². The van der Waals surface area contributed by atoms with Gasteiger partial charge in [0.25, 0.3) is 0 Å². The van der Waals surface area contributed by atoms with Gasteiger partial charge in [-0.2, -0.15) is 0 Å². The van der Waals surface area contributed by atoms with E-state index in [2.05, 4.69) is 11.1 Å². The number of methoxy groups -OCH3 is 1. The molecule has 0 amide bonds. The molecule has 198 valence electrons. The molecule has 0 saturated carbocycles. The summed E-state index contributed by atoms with van der Waals surface area (Å²) < 4.78 is 46.8. The molecule has 2 aromatic heterocycles. The Balaban J connectivity index is 1.35. The third-order valence-corrected chi connectivity index (χ3v) is 7.60. The Bertz CT molecular complexity index is 1480. The zero-order valence-electron chi connectivity index (χ0n) is 21.0. The first kappa shape index (κ1) is 26.2. The Morgan fingerprint density at radius 2 is 1.71 bits per heavy atom. The number of primary sulfonamides is 1. The van der Waals surface area contributed by atoms with Crippen LogP contribution in [0.3, 0.4) is 0 Å². The fraction of sp³-hybridized carbons (Fsp3) is 0.286. The topological polar surface area (TPSA) is 127 Å². The quantitative estimate of drug-likeness (QED) is 0.334. The van der Waals surface area contributed by atoms with E-state index < -0.39 is 15.6 Å². The van der Waals surface area contributed by atoms with E-state index >= 15 is 0 Å². The van der Waals surface area contributed by atoms with Crippen molar-refractivity contribution in [3.63, 3.8) is 0 Å². The summed E-state index contributed by atoms with van der Waals surface area (Å²) in [4.78, 5) is 9.12. The Kier molecular flexibility index (Phi) is 7.68. The van der Waals surface area contributed by atoms with Crippen LogP contribution in [0, 0.1) is 0 Å². The lowest BCUT2D eigenvalue weighted by Crippen LogP contribution is -2.35. The van der Waals surface area contributed by atoms with Gasteiger partial charge in [0, 0.05) is 62.2 Å². The minimum Gasteiger partial charge on any atom is -0.437 e. The van der Waals surface area contributed by atoms with Crippen LogP contribution in [0.25, 0.3) is 22.6 Å². The molecule has 1 aliphatic rings. The number of rotatable bonds is 9. The summed E-state index contributed by atoms with van der Waals surface area (Å²) in [7, 11) is -2.08. The van der Waals surface area contributed by atoms with Gasteiger partial charge in [-0.05, 0) is 35.9 Å². The first-order chi connectivity index (χ1) is 18.4. The molecule has 1 aliphatic heterocycles. The minimum absolute atomic E-state index is 0.0254. The molecule has 0 radical (unpaired) electrons. The van der Waals surface area contributed by atoms with Gasteiger partial charge >= 0.3 is 0 Å². The number of aromatic nitrogens is 2. The van der Waals surface area contributed by atoms with Gasteiger partial charge in [0.1, 0.15) is 12.3 Å². The highest BCUT2D eigenvalue weighted by Crippen LogP contribution is 2.36. The van der Waals surface area contributed by atoms with Crippen LogP contribution >= 0.6 is 0 Å². The fourth-order valence-corrected chi connectivity index (χ4v) is 5.11. The molecular weight excluding hydrogens is 506 g/mol. The van der Waals surface area contributed by atoms with Crippen molar-refractivity contribution in [2.45, 2.75) is 36.6 Å². The highest BCUT2D eigenvalue weighted by atomic mass is 32.2. The Morgan fingerprint density at radius 3 is 2.39 bits per heavy atom. The summed E-state index contributed by atoms with van der Waals surface area (Å²) >= 11 is 0. The standard InChI is InChI=1S/C28H29N3O6S/c1-34-28(11-13-35-14-12-28)23-15-20(16-30-17-23)18-36-19-25-31-26(21-5-3-2-4-6-21)27(37-25)22-7-9-24(10-8-22)38(29,32)33/h2-10,15-17H,11-14,18-19H2,1H3,(H2,29,32,33). The van der Waals surface area contributed by atoms with Gasteiger partial charge < -0.3 is 18.6 Å². The normalized spacial score (nSPS) is 15.4. The Labute approximate surface area is 221 Å². The van der Waals surface area contributed by atoms with Crippen LogP contribution in [0.2, 0.25) is 0 Å². The van der Waals surface area contributed by atoms with E-state index in [1.54, 1.807) is 25.4 Å². The van der Waals surface area contributed by atoms with Crippen molar-refractivity contribution in [3.05, 3.63) is 90.1 Å². The molecule has 1 fully saturated rings. The molecule has 2 aromatic carbocycles. The lowest BCUT2D eigenvalue weighted by atomic mass is 9.86. The second-order valence-electron chi connectivity index (χ2n) is 9.11. The number of oxazole rings is 1. The lowest BCUT2D eigenvalue weighted by Gasteiger charge is -2.36. The summed E-state index contributed by atoms with van der Waals surface area (Å²) in [5, 5.41) is 5.24. The molecule has 0 atom stereocenters. The molecule has 38 heavy (non-hydrogen) atoms. The van der Waals surface area contributed by atoms with Crippen molar-refractivity contribution in [1.82, 2.24) is 9.97 Å². The fourth-order valence-electron chi connectivity index (χ4n) is 4.59. The van der Waals surface area contributed by atoms with Crippen molar-refractivity contribution in [2.75, 3.05) is 20.3 Å². The van der Waals surface area contributed by atoms with E-state index in [0.717, 1.165) is 29.5 Å². The Morgan fingerprint density at radius 1 is 0.974 bits per heavy atom. The van der Waals surface area contributed by atoms with Crippen LogP contribution in [0.1, 0.15) is 29.9 Å². The highest BCUT2D eigenvalue weighted by molar-refractivity contribution is 7.89. The predicted molar refractivity (Wildman–Crippen MR) is 140 cm³/mol. The molecule has 2 N–H and O–H groups in total. The lowest BCUT2D eigenvalue weighted by molar-refractivity contribution is -0.0950. The van der Waals surface area contributed by atoms with Gasteiger partial charge in [-0.25, -0.2) is 18.5 Å². The summed E-state index contributed by atoms with van der Waals surface area (Å²) in [6, 6.07) is 17.9. The average Bonchev–Trinajstić information content (AvgIpc) is 3.38. The smallest absolute Gasteiger partial charge is 0.238 e. The van der Waals surface area contributed by atoms with Gasteiger partial charge in [0.05, 0.1) is 17.1 Å². The van der Waals surface area contributed by atoms with Crippen molar-refractivity contribution < 1.29 is 27.0 Å². The number of nitrogens with two attached hydrogens (primary N) is 1. The van der Waals surface area contributed by atoms with E-state index in [0.29, 0.717) is 42.7 Å². The molecule has 3 heterocycles. The van der Waals surface area contributed by atoms with Gasteiger partial charge in [-0.1, -0.05) is 30.3 Å². The second kappa shape index (κ2) is 11.1. The molecular formula is C28H29N3O6S. The summed E-state index contributed by atoms with van der Waals surface area (Å²) in [5.74, 6) is 0.914. The van der Waals surface area contributed by atoms with Crippen LogP contribution in [0.5, 0.6) is 0 Å². The molecule has 1 saturated heterocycles. The van der Waals surface area contributed by atoms with Crippen LogP contribution in [0.15, 0.2) is 82.4 Å². The number of pyridine rings is 1. The molecule has 0 bridgehead atoms. The largest absolute Gasteiger partial charge is 0.437 e. The van der Waals surface area contributed by atoms with Crippen molar-refractivity contribution >= 4 is 10.0 Å². The monoisotopic (exact) mass is 535 g/mol. The minimum atomic E-state index is -3.80. The molecule has 10 heteroatoms. The molecule has 0 aliphatic carbocycles. The molecule has 9 nitrogen and oxygen atoms in total. The van der Waals surface area contributed by atoms with E-state index in [1.165, 1.54) is 12.1 Å². The van der Waals surface area contributed by atoms with E-state index in [4.69, 9.17) is 28.8 Å². The number of hydrogen-bond donors (Lipinski definition) is 1. The van der Waals surface area contributed by atoms with E-state index in [-0.39, 0.29) is 11.5 Å². The van der Waals surface area contributed by atoms with E-state index in [9.17, 15) is 8.42 Å². The zero-order chi connectivity index (χ0) is 26.6. The van der Waals surface area contributed by atoms with Gasteiger partial charge in [-0.3, -0.25) is 4.98 Å². The highest BCUT2D eigenvalue weighted by Gasteiger charge is 2.34. The van der Waals surface area contributed by atoms with E-state index in [1.807, 2.05) is 36.5 Å². The number of ether oxygens (including phenoxy) is 3. The maximum Gasteiger partial charge on any atom is 0.238 e. The maximum absolute atomic E-state index is 11.7. The number of hydrogen-bond acceptors (Lipinski definition) is 8. The SMILES string of the molecule is COC1(c2cncc(COCc3nc(-c4ccccc4)c(-c4ccc(S(N)(=O)=O)cc4)o3)c2)CCOCC1. The van der Waals surface area contributed by atoms with Gasteiger partial charge in [0.2, 0.25) is 15.9 Å². The third-order valence-electron chi connectivity index (χ3n) is 6.67.